The molecule has 0 aliphatic carbocycles. The van der Waals surface area contributed by atoms with E-state index in [0.717, 1.165) is 22.0 Å². The van der Waals surface area contributed by atoms with Crippen LogP contribution in [0.15, 0.2) is 31.0 Å². The zero-order valence-corrected chi connectivity index (χ0v) is 9.45. The molecule has 3 nitrogen and oxygen atoms in total. The molecule has 0 amide bonds. The quantitative estimate of drug-likeness (QED) is 0.835. The van der Waals surface area contributed by atoms with Gasteiger partial charge in [0.2, 0.25) is 0 Å². The maximum atomic E-state index is 5.74. The summed E-state index contributed by atoms with van der Waals surface area (Å²) in [6.45, 7) is 5.79. The van der Waals surface area contributed by atoms with E-state index in [9.17, 15) is 0 Å². The van der Waals surface area contributed by atoms with E-state index in [1.807, 2.05) is 25.1 Å². The number of pyridine rings is 1. The summed E-state index contributed by atoms with van der Waals surface area (Å²) >= 11 is 0. The van der Waals surface area contributed by atoms with E-state index in [2.05, 4.69) is 11.6 Å². The molecule has 0 fully saturated rings. The molecule has 0 atom stereocenters. The molecule has 16 heavy (non-hydrogen) atoms. The van der Waals surface area contributed by atoms with Gasteiger partial charge in [-0.3, -0.25) is 4.98 Å². The van der Waals surface area contributed by atoms with Crippen LogP contribution in [0, 0.1) is 6.92 Å². The zero-order valence-electron chi connectivity index (χ0n) is 9.45. The minimum Gasteiger partial charge on any atom is -0.496 e. The molecule has 2 aromatic rings. The monoisotopic (exact) mass is 214 g/mol. The fraction of sp³-hybridized carbons (Fsp3) is 0.154. The smallest absolute Gasteiger partial charge is 0.130 e. The number of nitrogens with zero attached hydrogens (tertiary/aromatic N) is 1. The third kappa shape index (κ3) is 1.60. The molecular formula is C13H14N2O. The van der Waals surface area contributed by atoms with Gasteiger partial charge in [0.15, 0.2) is 0 Å². The summed E-state index contributed by atoms with van der Waals surface area (Å²) in [6.07, 6.45) is 1.79. The van der Waals surface area contributed by atoms with E-state index < -0.39 is 0 Å². The van der Waals surface area contributed by atoms with Crippen LogP contribution in [0.3, 0.4) is 0 Å². The third-order valence-electron chi connectivity index (χ3n) is 2.63. The van der Waals surface area contributed by atoms with Gasteiger partial charge in [0.25, 0.3) is 0 Å². The summed E-state index contributed by atoms with van der Waals surface area (Å²) in [6, 6.07) is 5.83. The van der Waals surface area contributed by atoms with Crippen molar-refractivity contribution in [2.75, 3.05) is 7.11 Å². The van der Waals surface area contributed by atoms with Crippen molar-refractivity contribution < 1.29 is 4.74 Å². The molecule has 3 heteroatoms. The Labute approximate surface area is 94.6 Å². The van der Waals surface area contributed by atoms with Gasteiger partial charge < -0.3 is 10.5 Å². The van der Waals surface area contributed by atoms with Crippen molar-refractivity contribution in [3.8, 4) is 5.75 Å². The fourth-order valence-electron chi connectivity index (χ4n) is 1.73. The lowest BCUT2D eigenvalue weighted by atomic mass is 10.0. The first-order valence-electron chi connectivity index (χ1n) is 5.01. The van der Waals surface area contributed by atoms with Crippen LogP contribution in [0.2, 0.25) is 0 Å². The molecule has 2 N–H and O–H groups in total. The number of ether oxygens (including phenoxy) is 1. The standard InChI is InChI=1S/C13H14N2O/c1-8-4-5-15-12-7-13(16-3)11(9(2)14)6-10(8)12/h4-7H,2,14H2,1,3H3. The van der Waals surface area contributed by atoms with Gasteiger partial charge in [-0.15, -0.1) is 0 Å². The lowest BCUT2D eigenvalue weighted by molar-refractivity contribution is 0.414. The SMILES string of the molecule is C=C(N)c1cc2c(C)ccnc2cc1OC. The van der Waals surface area contributed by atoms with Crippen LogP contribution in [-0.4, -0.2) is 12.1 Å². The fourth-order valence-corrected chi connectivity index (χ4v) is 1.73. The molecule has 2 rings (SSSR count). The summed E-state index contributed by atoms with van der Waals surface area (Å²) in [7, 11) is 1.61. The highest BCUT2D eigenvalue weighted by atomic mass is 16.5. The summed E-state index contributed by atoms with van der Waals surface area (Å²) in [4.78, 5) is 4.30. The summed E-state index contributed by atoms with van der Waals surface area (Å²) in [5.74, 6) is 0.707. The Morgan fingerprint density at radius 3 is 2.81 bits per heavy atom. The van der Waals surface area contributed by atoms with Crippen molar-refractivity contribution in [3.63, 3.8) is 0 Å². The first-order valence-corrected chi connectivity index (χ1v) is 5.01. The number of fused-ring (bicyclic) bond motifs is 1. The number of nitrogens with two attached hydrogens (primary N) is 1. The van der Waals surface area contributed by atoms with E-state index in [1.165, 1.54) is 0 Å². The molecule has 1 heterocycles. The number of methoxy groups -OCH3 is 1. The molecule has 0 spiro atoms. The highest BCUT2D eigenvalue weighted by Gasteiger charge is 2.08. The van der Waals surface area contributed by atoms with Gasteiger partial charge in [-0.2, -0.15) is 0 Å². The molecule has 0 aliphatic heterocycles. The Morgan fingerprint density at radius 1 is 1.44 bits per heavy atom. The Hall–Kier alpha value is -2.03. The van der Waals surface area contributed by atoms with E-state index in [-0.39, 0.29) is 0 Å². The van der Waals surface area contributed by atoms with Gasteiger partial charge in [-0.05, 0) is 24.6 Å². The van der Waals surface area contributed by atoms with Crippen LogP contribution in [0.1, 0.15) is 11.1 Å². The van der Waals surface area contributed by atoms with Gasteiger partial charge in [-0.25, -0.2) is 0 Å². The van der Waals surface area contributed by atoms with Gasteiger partial charge >= 0.3 is 0 Å². The van der Waals surface area contributed by atoms with E-state index in [1.54, 1.807) is 13.3 Å². The second kappa shape index (κ2) is 3.85. The largest absolute Gasteiger partial charge is 0.496 e. The topological polar surface area (TPSA) is 48.1 Å². The highest BCUT2D eigenvalue weighted by molar-refractivity contribution is 5.88. The van der Waals surface area contributed by atoms with Crippen LogP contribution in [0.4, 0.5) is 0 Å². The number of aromatic nitrogens is 1. The van der Waals surface area contributed by atoms with Crippen LogP contribution < -0.4 is 10.5 Å². The predicted octanol–water partition coefficient (Wildman–Crippen LogP) is 2.48. The van der Waals surface area contributed by atoms with Crippen LogP contribution in [0.25, 0.3) is 16.6 Å². The van der Waals surface area contributed by atoms with E-state index in [4.69, 9.17) is 10.5 Å². The number of hydrogen-bond acceptors (Lipinski definition) is 3. The molecule has 1 aromatic heterocycles. The Morgan fingerprint density at radius 2 is 2.19 bits per heavy atom. The molecule has 1 aromatic carbocycles. The Kier molecular flexibility index (Phi) is 2.52. The lowest BCUT2D eigenvalue weighted by Crippen LogP contribution is -1.99. The average Bonchev–Trinajstić information content (AvgIpc) is 2.27. The Bertz CT molecular complexity index is 561. The molecule has 0 radical (unpaired) electrons. The first-order chi connectivity index (χ1) is 7.63. The second-order valence-electron chi connectivity index (χ2n) is 3.72. The van der Waals surface area contributed by atoms with Crippen molar-refractivity contribution in [3.05, 3.63) is 42.1 Å². The molecule has 0 saturated heterocycles. The van der Waals surface area contributed by atoms with E-state index in [0.29, 0.717) is 11.4 Å². The number of aryl methyl sites for hydroxylation is 1. The highest BCUT2D eigenvalue weighted by Crippen LogP contribution is 2.28. The van der Waals surface area contributed by atoms with Crippen molar-refractivity contribution >= 4 is 16.6 Å². The molecular weight excluding hydrogens is 200 g/mol. The van der Waals surface area contributed by atoms with Gasteiger partial charge in [-0.1, -0.05) is 6.58 Å². The maximum Gasteiger partial charge on any atom is 0.130 e. The van der Waals surface area contributed by atoms with Gasteiger partial charge in [0.05, 0.1) is 12.6 Å². The van der Waals surface area contributed by atoms with E-state index >= 15 is 0 Å². The third-order valence-corrected chi connectivity index (χ3v) is 2.63. The van der Waals surface area contributed by atoms with Crippen LogP contribution in [-0.2, 0) is 0 Å². The maximum absolute atomic E-state index is 5.74. The summed E-state index contributed by atoms with van der Waals surface area (Å²) in [5.41, 5.74) is 9.13. The predicted molar refractivity (Wildman–Crippen MR) is 66.3 cm³/mol. The second-order valence-corrected chi connectivity index (χ2v) is 3.72. The molecule has 0 saturated carbocycles. The molecule has 0 aliphatic rings. The van der Waals surface area contributed by atoms with Crippen LogP contribution >= 0.6 is 0 Å². The average molecular weight is 214 g/mol. The van der Waals surface area contributed by atoms with Crippen LogP contribution in [0.5, 0.6) is 5.75 Å². The number of rotatable bonds is 2. The van der Waals surface area contributed by atoms with Gasteiger partial charge in [0.1, 0.15) is 5.75 Å². The van der Waals surface area contributed by atoms with Crippen molar-refractivity contribution in [1.82, 2.24) is 4.98 Å². The Balaban J connectivity index is 2.81. The van der Waals surface area contributed by atoms with Crippen molar-refractivity contribution in [1.29, 1.82) is 0 Å². The zero-order chi connectivity index (χ0) is 11.7. The first kappa shape index (κ1) is 10.5. The summed E-state index contributed by atoms with van der Waals surface area (Å²) in [5, 5.41) is 1.07. The lowest BCUT2D eigenvalue weighted by Gasteiger charge is -2.10. The summed E-state index contributed by atoms with van der Waals surface area (Å²) < 4.78 is 5.27. The molecule has 82 valence electrons. The van der Waals surface area contributed by atoms with Crippen molar-refractivity contribution in [2.24, 2.45) is 5.73 Å². The normalized spacial score (nSPS) is 10.4. The number of benzene rings is 1. The molecule has 0 unspecified atom stereocenters. The minimum atomic E-state index is 0.502. The molecule has 0 bridgehead atoms. The van der Waals surface area contributed by atoms with Gasteiger partial charge in [0, 0.05) is 28.9 Å². The number of hydrogen-bond donors (Lipinski definition) is 1. The van der Waals surface area contributed by atoms with Crippen molar-refractivity contribution in [2.45, 2.75) is 6.92 Å². The minimum absolute atomic E-state index is 0.502.